The number of esters is 3. The van der Waals surface area contributed by atoms with Gasteiger partial charge in [-0.2, -0.15) is 0 Å². The Morgan fingerprint density at radius 1 is 0.309 bits per heavy atom. The van der Waals surface area contributed by atoms with Gasteiger partial charge < -0.3 is 14.2 Å². The fourth-order valence-electron chi connectivity index (χ4n) is 7.37. The van der Waals surface area contributed by atoms with Crippen molar-refractivity contribution in [2.75, 3.05) is 13.2 Å². The van der Waals surface area contributed by atoms with Gasteiger partial charge >= 0.3 is 17.9 Å². The molecule has 0 bridgehead atoms. The molecule has 0 radical (unpaired) electrons. The lowest BCUT2D eigenvalue weighted by Gasteiger charge is -2.18. The van der Waals surface area contributed by atoms with E-state index in [1.165, 1.54) is 83.5 Å². The van der Waals surface area contributed by atoms with Crippen LogP contribution in [-0.4, -0.2) is 37.2 Å². The average molecular weight is 943 g/mol. The second kappa shape index (κ2) is 55.7. The molecule has 0 fully saturated rings. The number of hydrogen-bond acceptors (Lipinski definition) is 6. The van der Waals surface area contributed by atoms with Crippen LogP contribution in [0.1, 0.15) is 245 Å². The first-order valence-electron chi connectivity index (χ1n) is 27.9. The number of unbranched alkanes of at least 4 members (excludes halogenated alkanes) is 20. The minimum Gasteiger partial charge on any atom is -0.462 e. The Bertz CT molecular complexity index is 1410. The molecule has 0 aromatic carbocycles. The lowest BCUT2D eigenvalue weighted by atomic mass is 10.1. The number of allylic oxidation sites excluding steroid dienone is 18. The summed E-state index contributed by atoms with van der Waals surface area (Å²) < 4.78 is 16.8. The van der Waals surface area contributed by atoms with Crippen LogP contribution in [-0.2, 0) is 28.6 Å². The lowest BCUT2D eigenvalue weighted by Crippen LogP contribution is -2.30. The van der Waals surface area contributed by atoms with Crippen molar-refractivity contribution in [3.63, 3.8) is 0 Å². The van der Waals surface area contributed by atoms with E-state index in [0.29, 0.717) is 19.3 Å². The molecule has 0 saturated heterocycles. The topological polar surface area (TPSA) is 78.9 Å². The molecule has 1 unspecified atom stereocenters. The van der Waals surface area contributed by atoms with E-state index in [1.54, 1.807) is 0 Å². The summed E-state index contributed by atoms with van der Waals surface area (Å²) in [5.74, 6) is -0.992. The monoisotopic (exact) mass is 943 g/mol. The Labute approximate surface area is 419 Å². The van der Waals surface area contributed by atoms with Gasteiger partial charge in [-0.3, -0.25) is 14.4 Å². The van der Waals surface area contributed by atoms with E-state index in [4.69, 9.17) is 14.2 Å². The molecule has 0 heterocycles. The van der Waals surface area contributed by atoms with Crippen LogP contribution in [0.3, 0.4) is 0 Å². The number of ether oxygens (including phenoxy) is 3. The Hall–Kier alpha value is -3.93. The van der Waals surface area contributed by atoms with Crippen molar-refractivity contribution in [3.8, 4) is 0 Å². The van der Waals surface area contributed by atoms with Gasteiger partial charge in [0.25, 0.3) is 0 Å². The molecule has 6 heteroatoms. The first-order valence-corrected chi connectivity index (χ1v) is 27.9. The van der Waals surface area contributed by atoms with Gasteiger partial charge in [-0.25, -0.2) is 0 Å². The third kappa shape index (κ3) is 53.0. The third-order valence-electron chi connectivity index (χ3n) is 11.5. The van der Waals surface area contributed by atoms with Crippen LogP contribution in [0.15, 0.2) is 109 Å². The van der Waals surface area contributed by atoms with E-state index in [-0.39, 0.29) is 37.5 Å². The van der Waals surface area contributed by atoms with Crippen LogP contribution < -0.4 is 0 Å². The zero-order valence-electron chi connectivity index (χ0n) is 44.1. The number of hydrogen-bond donors (Lipinski definition) is 0. The molecule has 0 aromatic heterocycles. The average Bonchev–Trinajstić information content (AvgIpc) is 3.34. The van der Waals surface area contributed by atoms with Crippen LogP contribution in [0.4, 0.5) is 0 Å². The van der Waals surface area contributed by atoms with Crippen molar-refractivity contribution in [2.45, 2.75) is 252 Å². The van der Waals surface area contributed by atoms with Gasteiger partial charge in [-0.15, -0.1) is 0 Å². The van der Waals surface area contributed by atoms with Crippen LogP contribution >= 0.6 is 0 Å². The Kier molecular flexibility index (Phi) is 52.4. The molecule has 0 rings (SSSR count). The molecule has 68 heavy (non-hydrogen) atoms. The predicted octanol–water partition coefficient (Wildman–Crippen LogP) is 18.7. The summed E-state index contributed by atoms with van der Waals surface area (Å²) in [5.41, 5.74) is 0. The summed E-state index contributed by atoms with van der Waals surface area (Å²) >= 11 is 0. The molecular formula is C62H102O6. The Morgan fingerprint density at radius 3 is 0.941 bits per heavy atom. The van der Waals surface area contributed by atoms with Gasteiger partial charge in [0.2, 0.25) is 0 Å². The standard InChI is InChI=1S/C62H102O6/c1-4-7-10-13-16-19-22-25-28-30-31-33-34-37-40-43-46-49-52-55-61(64)67-58-59(57-66-60(63)54-51-48-45-42-39-36-27-24-21-18-15-12-9-6-3)68-62(65)56-53-50-47-44-41-38-35-32-29-26-23-20-17-14-11-8-5-2/h7,9-10,12,16,18-19,21,25-29,35-36,38,44,47,59H,4-6,8,11,13-15,17,20,22-24,30-34,37,39-43,45-46,48-58H2,1-3H3/b10-7-,12-9-,19-16-,21-18-,28-25-,29-26-,36-27-,38-35-,47-44-. The Balaban J connectivity index is 4.49. The molecule has 0 amide bonds. The summed E-state index contributed by atoms with van der Waals surface area (Å²) in [6.07, 6.45) is 75.1. The van der Waals surface area contributed by atoms with Crippen LogP contribution in [0, 0.1) is 0 Å². The summed E-state index contributed by atoms with van der Waals surface area (Å²) in [6, 6.07) is 0. The number of carbonyl (C=O) groups excluding carboxylic acids is 3. The maximum Gasteiger partial charge on any atom is 0.306 e. The van der Waals surface area contributed by atoms with Gasteiger partial charge in [-0.05, 0) is 116 Å². The fourth-order valence-corrected chi connectivity index (χ4v) is 7.37. The molecule has 0 aromatic rings. The molecule has 1 atom stereocenters. The predicted molar refractivity (Wildman–Crippen MR) is 293 cm³/mol. The highest BCUT2D eigenvalue weighted by Crippen LogP contribution is 2.14. The normalized spacial score (nSPS) is 12.9. The van der Waals surface area contributed by atoms with Crippen LogP contribution in [0.5, 0.6) is 0 Å². The maximum atomic E-state index is 12.8. The smallest absolute Gasteiger partial charge is 0.306 e. The van der Waals surface area contributed by atoms with Crippen molar-refractivity contribution in [1.29, 1.82) is 0 Å². The first kappa shape index (κ1) is 64.1. The highest BCUT2D eigenvalue weighted by molar-refractivity contribution is 5.71. The van der Waals surface area contributed by atoms with E-state index in [2.05, 4.69) is 130 Å². The summed E-state index contributed by atoms with van der Waals surface area (Å²) in [5, 5.41) is 0. The van der Waals surface area contributed by atoms with E-state index < -0.39 is 6.10 Å². The molecule has 0 aliphatic carbocycles. The first-order chi connectivity index (χ1) is 33.5. The summed E-state index contributed by atoms with van der Waals surface area (Å²) in [4.78, 5) is 38.1. The molecule has 0 spiro atoms. The molecular weight excluding hydrogens is 841 g/mol. The van der Waals surface area contributed by atoms with Gasteiger partial charge in [0.05, 0.1) is 0 Å². The van der Waals surface area contributed by atoms with E-state index in [1.807, 2.05) is 0 Å². The summed E-state index contributed by atoms with van der Waals surface area (Å²) in [6.45, 7) is 6.34. The van der Waals surface area contributed by atoms with Crippen molar-refractivity contribution in [3.05, 3.63) is 109 Å². The van der Waals surface area contributed by atoms with Gasteiger partial charge in [0.1, 0.15) is 13.2 Å². The maximum absolute atomic E-state index is 12.8. The van der Waals surface area contributed by atoms with Crippen LogP contribution in [0.2, 0.25) is 0 Å². The van der Waals surface area contributed by atoms with Crippen molar-refractivity contribution in [1.82, 2.24) is 0 Å². The zero-order chi connectivity index (χ0) is 49.3. The SMILES string of the molecule is CC/C=C\C/C=C\C/C=C\CCCCCCCCCCCC(=O)OCC(COC(=O)CCCCCC/C=C\C/C=C\C/C=C\CC)OC(=O)CCC/C=C\C/C=C\C/C=C\CCCCCCCC. The largest absolute Gasteiger partial charge is 0.462 e. The van der Waals surface area contributed by atoms with E-state index in [9.17, 15) is 14.4 Å². The van der Waals surface area contributed by atoms with Gasteiger partial charge in [-0.1, -0.05) is 220 Å². The minimum absolute atomic E-state index is 0.110. The number of rotatable bonds is 49. The molecule has 0 N–H and O–H groups in total. The van der Waals surface area contributed by atoms with E-state index >= 15 is 0 Å². The molecule has 0 saturated carbocycles. The quantitative estimate of drug-likeness (QED) is 0.0262. The number of carbonyl (C=O) groups is 3. The fraction of sp³-hybridized carbons (Fsp3) is 0.661. The second-order valence-corrected chi connectivity index (χ2v) is 18.1. The lowest BCUT2D eigenvalue weighted by molar-refractivity contribution is -0.167. The third-order valence-corrected chi connectivity index (χ3v) is 11.5. The van der Waals surface area contributed by atoms with Gasteiger partial charge in [0, 0.05) is 19.3 Å². The highest BCUT2D eigenvalue weighted by Gasteiger charge is 2.19. The van der Waals surface area contributed by atoms with E-state index in [0.717, 1.165) is 116 Å². The zero-order valence-corrected chi connectivity index (χ0v) is 44.1. The molecule has 386 valence electrons. The molecule has 6 nitrogen and oxygen atoms in total. The van der Waals surface area contributed by atoms with Crippen molar-refractivity contribution < 1.29 is 28.6 Å². The second-order valence-electron chi connectivity index (χ2n) is 18.1. The van der Waals surface area contributed by atoms with Crippen LogP contribution in [0.25, 0.3) is 0 Å². The molecule has 0 aliphatic heterocycles. The van der Waals surface area contributed by atoms with Crippen molar-refractivity contribution >= 4 is 17.9 Å². The molecule has 0 aliphatic rings. The Morgan fingerprint density at radius 2 is 0.588 bits per heavy atom. The van der Waals surface area contributed by atoms with Crippen molar-refractivity contribution in [2.24, 2.45) is 0 Å². The van der Waals surface area contributed by atoms with Gasteiger partial charge in [0.15, 0.2) is 6.10 Å². The minimum atomic E-state index is -0.818. The summed E-state index contributed by atoms with van der Waals surface area (Å²) in [7, 11) is 0. The highest BCUT2D eigenvalue weighted by atomic mass is 16.6.